The minimum atomic E-state index is -1.59. The summed E-state index contributed by atoms with van der Waals surface area (Å²) < 4.78 is 85.5. The summed E-state index contributed by atoms with van der Waals surface area (Å²) in [6.45, 7) is 4.32. The molecule has 2 atom stereocenters. The lowest BCUT2D eigenvalue weighted by molar-refractivity contribution is -0.135. The second-order valence-electron chi connectivity index (χ2n) is 14.1. The Kier molecular flexibility index (Phi) is 11.0. The molecule has 6 aromatic rings. The standard InChI is InChI=1S/2C19H16F3N5O3/c1-10-8-27-15(14(7-23-27)25-3-2-16(28)24-19(25)30)9-26(10)17(29)6-11-4-12(20)18(22)13(21)5-11;1-10-8-26-15(14(7-24-26)27-16(28)2-3-23-19(27)30)9-25(10)17(29)6-11-4-12(20)18(22)13(21)5-11/h2-5,7,10H,6,8-9H2,1H3,(H,24,28,30);2-5,7,10H,6,8-9H2,1H3,(H,23,30)/t2*10-/m00/s1. The van der Waals surface area contributed by atoms with E-state index in [-0.39, 0.29) is 54.8 Å². The van der Waals surface area contributed by atoms with Crippen molar-refractivity contribution >= 4 is 11.8 Å². The van der Waals surface area contributed by atoms with Crippen LogP contribution in [0.4, 0.5) is 26.3 Å². The van der Waals surface area contributed by atoms with E-state index in [1.54, 1.807) is 23.2 Å². The van der Waals surface area contributed by atoms with Gasteiger partial charge in [-0.25, -0.2) is 40.5 Å². The van der Waals surface area contributed by atoms with E-state index in [1.165, 1.54) is 51.3 Å². The van der Waals surface area contributed by atoms with E-state index in [2.05, 4.69) is 20.2 Å². The van der Waals surface area contributed by atoms with E-state index in [1.807, 2.05) is 0 Å². The molecule has 2 aliphatic rings. The van der Waals surface area contributed by atoms with Crippen LogP contribution in [-0.2, 0) is 48.6 Å². The Hall–Kier alpha value is -7.26. The molecule has 0 spiro atoms. The Labute approximate surface area is 332 Å². The number of aromatic nitrogens is 8. The van der Waals surface area contributed by atoms with Crippen LogP contribution in [0.15, 0.2) is 80.4 Å². The number of fused-ring (bicyclic) bond motifs is 2. The number of nitrogens with zero attached hydrogens (tertiary/aromatic N) is 8. The molecular weight excluding hydrogens is 806 g/mol. The molecule has 0 bridgehead atoms. The van der Waals surface area contributed by atoms with Crippen LogP contribution in [0.2, 0.25) is 0 Å². The highest BCUT2D eigenvalue weighted by molar-refractivity contribution is 5.80. The number of aromatic amines is 2. The summed E-state index contributed by atoms with van der Waals surface area (Å²) in [5.41, 5.74) is -0.698. The maximum Gasteiger partial charge on any atom is 0.333 e. The Morgan fingerprint density at radius 2 is 1.15 bits per heavy atom. The summed E-state index contributed by atoms with van der Waals surface area (Å²) in [5.74, 6) is -9.49. The third-order valence-electron chi connectivity index (χ3n) is 10.1. The van der Waals surface area contributed by atoms with Gasteiger partial charge in [0.05, 0.1) is 74.2 Å². The summed E-state index contributed by atoms with van der Waals surface area (Å²) in [7, 11) is 0. The zero-order valence-electron chi connectivity index (χ0n) is 31.5. The van der Waals surface area contributed by atoms with Gasteiger partial charge in [-0.15, -0.1) is 0 Å². The monoisotopic (exact) mass is 838 g/mol. The van der Waals surface area contributed by atoms with Gasteiger partial charge >= 0.3 is 11.4 Å². The SMILES string of the molecule is C[C@H]1Cn2ncc(-n3c(=O)cc[nH]c3=O)c2CN1C(=O)Cc1cc(F)c(F)c(F)c1.C[C@H]1Cn2ncc(-n3ccc(=O)[nH]c3=O)c2CN1C(=O)Cc1cc(F)c(F)c(F)c1. The average Bonchev–Trinajstić information content (AvgIpc) is 3.78. The summed E-state index contributed by atoms with van der Waals surface area (Å²) in [5, 5.41) is 8.45. The minimum Gasteiger partial charge on any atom is -0.332 e. The van der Waals surface area contributed by atoms with Crippen LogP contribution in [0.5, 0.6) is 0 Å². The van der Waals surface area contributed by atoms with Crippen LogP contribution < -0.4 is 22.5 Å². The number of hydrogen-bond acceptors (Lipinski definition) is 8. The topological polar surface area (TPSA) is 186 Å². The Morgan fingerprint density at radius 3 is 1.62 bits per heavy atom. The molecule has 2 aliphatic heterocycles. The number of hydrogen-bond donors (Lipinski definition) is 2. The first-order chi connectivity index (χ1) is 28.5. The number of rotatable bonds is 6. The fraction of sp³-hybridized carbons (Fsp3) is 0.263. The van der Waals surface area contributed by atoms with Crippen LogP contribution in [0, 0.1) is 34.9 Å². The van der Waals surface area contributed by atoms with Gasteiger partial charge in [-0.1, -0.05) is 0 Å². The highest BCUT2D eigenvalue weighted by Gasteiger charge is 2.32. The van der Waals surface area contributed by atoms with Crippen molar-refractivity contribution in [2.75, 3.05) is 0 Å². The summed E-state index contributed by atoms with van der Waals surface area (Å²) in [6, 6.07) is 4.95. The number of H-pyrrole nitrogens is 2. The molecule has 4 aromatic heterocycles. The molecule has 16 nitrogen and oxygen atoms in total. The molecular formula is C38H32F6N10O6. The number of benzene rings is 2. The van der Waals surface area contributed by atoms with Crippen molar-refractivity contribution in [3.8, 4) is 11.4 Å². The molecule has 6 heterocycles. The predicted octanol–water partition coefficient (Wildman–Crippen LogP) is 2.23. The second-order valence-corrected chi connectivity index (χ2v) is 14.1. The van der Waals surface area contributed by atoms with Crippen LogP contribution >= 0.6 is 0 Å². The van der Waals surface area contributed by atoms with E-state index in [9.17, 15) is 55.1 Å². The first kappa shape index (κ1) is 40.9. The van der Waals surface area contributed by atoms with Gasteiger partial charge in [0.2, 0.25) is 11.8 Å². The molecule has 312 valence electrons. The molecule has 0 unspecified atom stereocenters. The molecule has 2 N–H and O–H groups in total. The lowest BCUT2D eigenvalue weighted by atomic mass is 10.1. The molecule has 22 heteroatoms. The zero-order valence-corrected chi connectivity index (χ0v) is 31.5. The van der Waals surface area contributed by atoms with Gasteiger partial charge in [0.1, 0.15) is 0 Å². The predicted molar refractivity (Wildman–Crippen MR) is 197 cm³/mol. The summed E-state index contributed by atoms with van der Waals surface area (Å²) >= 11 is 0. The molecule has 2 amide bonds. The second kappa shape index (κ2) is 16.2. The van der Waals surface area contributed by atoms with Crippen molar-refractivity contribution < 1.29 is 35.9 Å². The molecule has 60 heavy (non-hydrogen) atoms. The number of carbonyl (C=O) groups excluding carboxylic acids is 2. The lowest BCUT2D eigenvalue weighted by Gasteiger charge is -2.34. The van der Waals surface area contributed by atoms with Gasteiger partial charge in [-0.3, -0.25) is 38.1 Å². The van der Waals surface area contributed by atoms with Gasteiger partial charge in [0.25, 0.3) is 11.1 Å². The van der Waals surface area contributed by atoms with Gasteiger partial charge in [0, 0.05) is 36.6 Å². The third-order valence-corrected chi connectivity index (χ3v) is 10.1. The Morgan fingerprint density at radius 1 is 0.683 bits per heavy atom. The first-order valence-electron chi connectivity index (χ1n) is 18.1. The molecule has 2 aromatic carbocycles. The number of halogens is 6. The number of amides is 2. The summed E-state index contributed by atoms with van der Waals surface area (Å²) in [4.78, 5) is 80.9. The van der Waals surface area contributed by atoms with E-state index < -0.39 is 69.2 Å². The molecule has 0 aliphatic carbocycles. The number of carbonyl (C=O) groups is 2. The van der Waals surface area contributed by atoms with Crippen LogP contribution in [-0.4, -0.2) is 72.4 Å². The highest BCUT2D eigenvalue weighted by Crippen LogP contribution is 2.25. The number of nitrogens with one attached hydrogen (secondary N) is 2. The Balaban J connectivity index is 0.000000181. The van der Waals surface area contributed by atoms with E-state index >= 15 is 0 Å². The zero-order chi connectivity index (χ0) is 43.2. The maximum absolute atomic E-state index is 13.5. The van der Waals surface area contributed by atoms with Gasteiger partial charge in [-0.05, 0) is 49.2 Å². The van der Waals surface area contributed by atoms with Crippen molar-refractivity contribution in [1.82, 2.24) is 48.5 Å². The van der Waals surface area contributed by atoms with Crippen molar-refractivity contribution in [2.45, 2.75) is 65.0 Å². The van der Waals surface area contributed by atoms with Crippen LogP contribution in [0.25, 0.3) is 11.4 Å². The first-order valence-corrected chi connectivity index (χ1v) is 18.1. The largest absolute Gasteiger partial charge is 0.333 e. The average molecular weight is 839 g/mol. The highest BCUT2D eigenvalue weighted by atomic mass is 19.2. The molecule has 0 saturated carbocycles. The van der Waals surface area contributed by atoms with E-state index in [4.69, 9.17) is 0 Å². The Bertz CT molecular complexity index is 2840. The van der Waals surface area contributed by atoms with E-state index in [0.29, 0.717) is 30.2 Å². The fourth-order valence-corrected chi connectivity index (χ4v) is 7.06. The minimum absolute atomic E-state index is 0.00127. The third kappa shape index (κ3) is 7.94. The normalized spacial score (nSPS) is 15.9. The summed E-state index contributed by atoms with van der Waals surface area (Å²) in [6.07, 6.45) is 4.72. The fourth-order valence-electron chi connectivity index (χ4n) is 7.06. The quantitative estimate of drug-likeness (QED) is 0.189. The van der Waals surface area contributed by atoms with Crippen LogP contribution in [0.1, 0.15) is 36.4 Å². The van der Waals surface area contributed by atoms with Crippen molar-refractivity contribution in [3.05, 3.63) is 160 Å². The maximum atomic E-state index is 13.5. The van der Waals surface area contributed by atoms with E-state index in [0.717, 1.165) is 28.8 Å². The van der Waals surface area contributed by atoms with Crippen molar-refractivity contribution in [2.24, 2.45) is 0 Å². The molecule has 8 rings (SSSR count). The smallest absolute Gasteiger partial charge is 0.332 e. The van der Waals surface area contributed by atoms with Crippen molar-refractivity contribution in [1.29, 1.82) is 0 Å². The van der Waals surface area contributed by atoms with Crippen molar-refractivity contribution in [3.63, 3.8) is 0 Å². The molecule has 0 saturated heterocycles. The molecule has 0 fully saturated rings. The van der Waals surface area contributed by atoms with Gasteiger partial charge < -0.3 is 14.8 Å². The molecule has 0 radical (unpaired) electrons. The lowest BCUT2D eigenvalue weighted by Crippen LogP contribution is -2.46. The van der Waals surface area contributed by atoms with Crippen LogP contribution in [0.3, 0.4) is 0 Å². The van der Waals surface area contributed by atoms with Gasteiger partial charge in [-0.2, -0.15) is 10.2 Å². The van der Waals surface area contributed by atoms with Gasteiger partial charge in [0.15, 0.2) is 34.9 Å².